The maximum Gasteiger partial charge on any atom is 0.303 e. The first-order valence-corrected chi connectivity index (χ1v) is 13.8. The second-order valence-electron chi connectivity index (χ2n) is 10.1. The number of hydrogen-bond donors (Lipinski definition) is 1. The zero-order valence-corrected chi connectivity index (χ0v) is 24.7. The molecule has 2 heterocycles. The van der Waals surface area contributed by atoms with E-state index in [9.17, 15) is 19.2 Å². The third-order valence-corrected chi connectivity index (χ3v) is 7.09. The van der Waals surface area contributed by atoms with Gasteiger partial charge in [0.05, 0.1) is 12.2 Å². The molecule has 1 saturated heterocycles. The highest BCUT2D eigenvalue weighted by atomic mass is 35.5. The number of esters is 4. The van der Waals surface area contributed by atoms with Gasteiger partial charge in [-0.25, -0.2) is 0 Å². The number of ether oxygens (including phenoxy) is 6. The second-order valence-corrected chi connectivity index (χ2v) is 10.5. The largest absolute Gasteiger partial charge is 0.472 e. The van der Waals surface area contributed by atoms with E-state index in [-0.39, 0.29) is 6.61 Å². The minimum atomic E-state index is -1.28. The van der Waals surface area contributed by atoms with Crippen LogP contribution in [0.3, 0.4) is 0 Å². The number of benzene rings is 2. The number of nitrogens with one attached hydrogen (secondary N) is 1. The number of anilines is 1. The highest BCUT2D eigenvalue weighted by Crippen LogP contribution is 2.39. The Morgan fingerprint density at radius 2 is 1.60 bits per heavy atom. The zero-order chi connectivity index (χ0) is 31.3. The van der Waals surface area contributed by atoms with Crippen LogP contribution in [0, 0.1) is 11.3 Å². The van der Waals surface area contributed by atoms with Gasteiger partial charge in [0.2, 0.25) is 6.10 Å². The van der Waals surface area contributed by atoms with Gasteiger partial charge in [0.15, 0.2) is 18.3 Å². The second kappa shape index (κ2) is 13.8. The molecule has 1 unspecified atom stereocenters. The van der Waals surface area contributed by atoms with E-state index in [1.165, 1.54) is 20.8 Å². The predicted octanol–water partition coefficient (Wildman–Crippen LogP) is 3.43. The van der Waals surface area contributed by atoms with Crippen molar-refractivity contribution in [2.24, 2.45) is 0 Å². The van der Waals surface area contributed by atoms with Gasteiger partial charge in [-0.15, -0.1) is 0 Å². The van der Waals surface area contributed by atoms with Crippen molar-refractivity contribution in [1.29, 1.82) is 5.26 Å². The quantitative estimate of drug-likeness (QED) is 0.341. The van der Waals surface area contributed by atoms with Gasteiger partial charge in [-0.3, -0.25) is 19.2 Å². The van der Waals surface area contributed by atoms with Crippen LogP contribution in [0.4, 0.5) is 5.69 Å². The average Bonchev–Trinajstić information content (AvgIpc) is 2.94. The summed E-state index contributed by atoms with van der Waals surface area (Å²) in [4.78, 5) is 48.0. The molecule has 0 bridgehead atoms. The maximum absolute atomic E-state index is 12.2. The SMILES string of the molecule is CC(=O)OC[C@H]1O[C@@H](c2ccc(Cl)c(Cc3ccc4c(c3)NCC(C#N)O4)c2)[C@H](OC(C)=O)[C@@H](OC(C)=O)[C@@H]1OC(C)=O. The Morgan fingerprint density at radius 1 is 0.930 bits per heavy atom. The summed E-state index contributed by atoms with van der Waals surface area (Å²) < 4.78 is 33.7. The summed E-state index contributed by atoms with van der Waals surface area (Å²) in [6.07, 6.45) is -6.05. The van der Waals surface area contributed by atoms with E-state index in [1.54, 1.807) is 24.3 Å². The lowest BCUT2D eigenvalue weighted by Crippen LogP contribution is -2.59. The first-order chi connectivity index (χ1) is 20.4. The van der Waals surface area contributed by atoms with Gasteiger partial charge in [0.1, 0.15) is 30.6 Å². The minimum absolute atomic E-state index is 0.328. The summed E-state index contributed by atoms with van der Waals surface area (Å²) in [5, 5.41) is 12.8. The average molecular weight is 615 g/mol. The van der Waals surface area contributed by atoms with Crippen molar-refractivity contribution in [3.8, 4) is 11.8 Å². The standard InChI is InChI=1S/C30H31ClN2O10/c1-15(34)38-14-26-28(39-16(2)35)30(41-18(4)37)29(40-17(3)36)27(43-26)20-6-7-23(31)21(11-20)9-19-5-8-25-24(10-19)33-13-22(12-32)42-25/h5-8,10-11,22,26-30,33H,9,13-14H2,1-4H3/t22?,26-,27+,28-,29+,30+/m1/s1. The Morgan fingerprint density at radius 3 is 2.26 bits per heavy atom. The lowest BCUT2D eigenvalue weighted by atomic mass is 9.89. The fourth-order valence-electron chi connectivity index (χ4n) is 5.02. The molecule has 2 aromatic rings. The molecule has 2 aliphatic rings. The van der Waals surface area contributed by atoms with Crippen LogP contribution in [-0.2, 0) is 49.3 Å². The van der Waals surface area contributed by atoms with Crippen molar-refractivity contribution in [2.75, 3.05) is 18.5 Å². The summed E-state index contributed by atoms with van der Waals surface area (Å²) in [5.74, 6) is -2.14. The molecule has 12 nitrogen and oxygen atoms in total. The Bertz CT molecular complexity index is 1440. The van der Waals surface area contributed by atoms with Crippen LogP contribution in [0.1, 0.15) is 50.5 Å². The van der Waals surface area contributed by atoms with E-state index in [0.717, 1.165) is 18.2 Å². The fraction of sp³-hybridized carbons (Fsp3) is 0.433. The van der Waals surface area contributed by atoms with E-state index in [4.69, 9.17) is 45.3 Å². The van der Waals surface area contributed by atoms with Crippen LogP contribution in [-0.4, -0.2) is 67.5 Å². The molecule has 0 radical (unpaired) electrons. The van der Waals surface area contributed by atoms with E-state index in [1.807, 2.05) is 12.1 Å². The molecule has 0 saturated carbocycles. The van der Waals surface area contributed by atoms with Crippen LogP contribution >= 0.6 is 11.6 Å². The van der Waals surface area contributed by atoms with Gasteiger partial charge in [-0.05, 0) is 41.3 Å². The number of nitrogens with zero attached hydrogens (tertiary/aromatic N) is 1. The molecule has 1 fully saturated rings. The highest BCUT2D eigenvalue weighted by Gasteiger charge is 2.52. The molecule has 13 heteroatoms. The lowest BCUT2D eigenvalue weighted by Gasteiger charge is -2.44. The molecule has 0 spiro atoms. The van der Waals surface area contributed by atoms with Crippen molar-refractivity contribution >= 4 is 41.2 Å². The molecule has 0 aromatic heterocycles. The van der Waals surface area contributed by atoms with Gasteiger partial charge >= 0.3 is 23.9 Å². The molecule has 4 rings (SSSR count). The Hall–Kier alpha value is -4.34. The van der Waals surface area contributed by atoms with Gasteiger partial charge in [0.25, 0.3) is 0 Å². The Balaban J connectivity index is 1.70. The Kier molecular flexibility index (Phi) is 10.1. The predicted molar refractivity (Wildman–Crippen MR) is 150 cm³/mol. The normalized spacial score (nSPS) is 24.2. The van der Waals surface area contributed by atoms with E-state index >= 15 is 0 Å². The van der Waals surface area contributed by atoms with Gasteiger partial charge < -0.3 is 33.7 Å². The molecule has 2 aromatic carbocycles. The number of fused-ring (bicyclic) bond motifs is 1. The molecule has 1 N–H and O–H groups in total. The van der Waals surface area contributed by atoms with Crippen LogP contribution in [0.2, 0.25) is 5.02 Å². The Labute approximate surface area is 253 Å². The summed E-state index contributed by atoms with van der Waals surface area (Å²) in [5.41, 5.74) is 2.87. The number of carbonyl (C=O) groups is 4. The highest BCUT2D eigenvalue weighted by molar-refractivity contribution is 6.31. The number of hydrogen-bond acceptors (Lipinski definition) is 12. The molecule has 2 aliphatic heterocycles. The number of nitriles is 1. The van der Waals surface area contributed by atoms with Gasteiger partial charge in [0, 0.05) is 32.7 Å². The summed E-state index contributed by atoms with van der Waals surface area (Å²) in [7, 11) is 0. The van der Waals surface area contributed by atoms with E-state index in [0.29, 0.717) is 34.9 Å². The zero-order valence-electron chi connectivity index (χ0n) is 24.0. The first kappa shape index (κ1) is 31.6. The van der Waals surface area contributed by atoms with Crippen LogP contribution in [0.5, 0.6) is 5.75 Å². The number of halogens is 1. The third-order valence-electron chi connectivity index (χ3n) is 6.72. The van der Waals surface area contributed by atoms with Crippen molar-refractivity contribution < 1.29 is 47.6 Å². The topological polar surface area (TPSA) is 159 Å². The van der Waals surface area contributed by atoms with E-state index < -0.39 is 60.5 Å². The van der Waals surface area contributed by atoms with Crippen LogP contribution in [0.25, 0.3) is 0 Å². The monoisotopic (exact) mass is 614 g/mol. The molecule has 0 amide bonds. The number of carbonyl (C=O) groups excluding carboxylic acids is 4. The molecular weight excluding hydrogens is 584 g/mol. The van der Waals surface area contributed by atoms with Gasteiger partial charge in [-0.2, -0.15) is 5.26 Å². The lowest BCUT2D eigenvalue weighted by molar-refractivity contribution is -0.254. The first-order valence-electron chi connectivity index (χ1n) is 13.5. The molecule has 228 valence electrons. The van der Waals surface area contributed by atoms with Crippen molar-refractivity contribution in [3.05, 3.63) is 58.1 Å². The summed E-state index contributed by atoms with van der Waals surface area (Å²) in [6.45, 7) is 4.75. The third kappa shape index (κ3) is 7.94. The fourth-order valence-corrected chi connectivity index (χ4v) is 5.21. The van der Waals surface area contributed by atoms with Crippen molar-refractivity contribution in [1.82, 2.24) is 0 Å². The summed E-state index contributed by atoms with van der Waals surface area (Å²) >= 11 is 6.59. The molecule has 6 atom stereocenters. The van der Waals surface area contributed by atoms with Crippen molar-refractivity contribution in [2.45, 2.75) is 70.7 Å². The molecular formula is C30H31ClN2O10. The molecule has 0 aliphatic carbocycles. The van der Waals surface area contributed by atoms with E-state index in [2.05, 4.69) is 11.4 Å². The minimum Gasteiger partial charge on any atom is -0.472 e. The summed E-state index contributed by atoms with van der Waals surface area (Å²) in [6, 6.07) is 12.7. The number of rotatable bonds is 8. The van der Waals surface area contributed by atoms with Crippen LogP contribution in [0.15, 0.2) is 36.4 Å². The smallest absolute Gasteiger partial charge is 0.303 e. The molecule has 43 heavy (non-hydrogen) atoms. The maximum atomic E-state index is 12.2. The van der Waals surface area contributed by atoms with Gasteiger partial charge in [-0.1, -0.05) is 29.8 Å². The van der Waals surface area contributed by atoms with Crippen LogP contribution < -0.4 is 10.1 Å². The van der Waals surface area contributed by atoms with Crippen molar-refractivity contribution in [3.63, 3.8) is 0 Å².